The molecule has 0 unspecified atom stereocenters. The zero-order chi connectivity index (χ0) is 16.3. The Balaban J connectivity index is 2.05. The van der Waals surface area contributed by atoms with E-state index in [-0.39, 0.29) is 17.4 Å². The highest BCUT2D eigenvalue weighted by Gasteiger charge is 2.21. The lowest BCUT2D eigenvalue weighted by atomic mass is 9.94. The Hall–Kier alpha value is -2.37. The van der Waals surface area contributed by atoms with E-state index in [1.54, 1.807) is 12.1 Å². The third-order valence-corrected chi connectivity index (χ3v) is 3.10. The number of benzene rings is 1. The first-order valence-electron chi connectivity index (χ1n) is 7.21. The third-order valence-electron chi connectivity index (χ3n) is 3.10. The highest BCUT2D eigenvalue weighted by atomic mass is 16.6. The minimum absolute atomic E-state index is 0.0599. The first-order valence-corrected chi connectivity index (χ1v) is 7.21. The molecule has 1 aliphatic rings. The van der Waals surface area contributed by atoms with Gasteiger partial charge in [-0.15, -0.1) is 0 Å². The van der Waals surface area contributed by atoms with Crippen molar-refractivity contribution in [1.29, 1.82) is 0 Å². The SMILES string of the molecule is C[C@@H]1CC(=O)NN=C1c1ccc(OC(=O)NC(C)(C)C)cc1. The molecule has 0 radical (unpaired) electrons. The van der Waals surface area contributed by atoms with Crippen molar-refractivity contribution in [2.24, 2.45) is 11.0 Å². The molecule has 0 bridgehead atoms. The van der Waals surface area contributed by atoms with Gasteiger partial charge in [0.25, 0.3) is 0 Å². The van der Waals surface area contributed by atoms with Crippen LogP contribution in [0.3, 0.4) is 0 Å². The number of nitrogens with zero attached hydrogens (tertiary/aromatic N) is 1. The fourth-order valence-corrected chi connectivity index (χ4v) is 2.13. The van der Waals surface area contributed by atoms with E-state index in [4.69, 9.17) is 4.74 Å². The molecule has 2 rings (SSSR count). The van der Waals surface area contributed by atoms with Crippen LogP contribution in [-0.4, -0.2) is 23.3 Å². The molecule has 2 N–H and O–H groups in total. The van der Waals surface area contributed by atoms with E-state index < -0.39 is 6.09 Å². The predicted octanol–water partition coefficient (Wildman–Crippen LogP) is 2.43. The van der Waals surface area contributed by atoms with Gasteiger partial charge in [0.05, 0.1) is 5.71 Å². The Kier molecular flexibility index (Phi) is 4.49. The molecule has 6 heteroatoms. The van der Waals surface area contributed by atoms with Gasteiger partial charge in [-0.1, -0.05) is 6.92 Å². The first kappa shape index (κ1) is 16.0. The van der Waals surface area contributed by atoms with Gasteiger partial charge in [0.2, 0.25) is 5.91 Å². The molecule has 1 atom stereocenters. The van der Waals surface area contributed by atoms with Gasteiger partial charge in [0.1, 0.15) is 5.75 Å². The van der Waals surface area contributed by atoms with Gasteiger partial charge in [-0.2, -0.15) is 5.10 Å². The van der Waals surface area contributed by atoms with E-state index in [2.05, 4.69) is 15.8 Å². The number of hydrogen-bond donors (Lipinski definition) is 2. The minimum Gasteiger partial charge on any atom is -0.410 e. The van der Waals surface area contributed by atoms with Crippen LogP contribution >= 0.6 is 0 Å². The maximum absolute atomic E-state index is 11.7. The summed E-state index contributed by atoms with van der Waals surface area (Å²) < 4.78 is 5.22. The number of ether oxygens (including phenoxy) is 1. The Labute approximate surface area is 129 Å². The lowest BCUT2D eigenvalue weighted by Gasteiger charge is -2.20. The summed E-state index contributed by atoms with van der Waals surface area (Å²) in [6.45, 7) is 7.61. The van der Waals surface area contributed by atoms with Crippen molar-refractivity contribution in [3.63, 3.8) is 0 Å². The third kappa shape index (κ3) is 4.31. The molecule has 2 amide bonds. The lowest BCUT2D eigenvalue weighted by molar-refractivity contribution is -0.121. The number of carbonyl (C=O) groups excluding carboxylic acids is 2. The Morgan fingerprint density at radius 1 is 1.32 bits per heavy atom. The first-order chi connectivity index (χ1) is 10.2. The molecule has 0 fully saturated rings. The van der Waals surface area contributed by atoms with Crippen molar-refractivity contribution in [1.82, 2.24) is 10.7 Å². The summed E-state index contributed by atoms with van der Waals surface area (Å²) in [5.41, 5.74) is 3.86. The molecule has 0 aliphatic carbocycles. The lowest BCUT2D eigenvalue weighted by Crippen LogP contribution is -2.42. The van der Waals surface area contributed by atoms with Gasteiger partial charge in [-0.25, -0.2) is 10.2 Å². The monoisotopic (exact) mass is 303 g/mol. The fourth-order valence-electron chi connectivity index (χ4n) is 2.13. The number of rotatable bonds is 2. The smallest absolute Gasteiger partial charge is 0.410 e. The average Bonchev–Trinajstić information content (AvgIpc) is 2.38. The average molecular weight is 303 g/mol. The number of hydrogen-bond acceptors (Lipinski definition) is 4. The molecular weight excluding hydrogens is 282 g/mol. The molecule has 1 aromatic carbocycles. The molecule has 118 valence electrons. The van der Waals surface area contributed by atoms with Gasteiger partial charge in [0.15, 0.2) is 0 Å². The normalized spacial score (nSPS) is 18.3. The highest BCUT2D eigenvalue weighted by Crippen LogP contribution is 2.19. The molecule has 6 nitrogen and oxygen atoms in total. The van der Waals surface area contributed by atoms with Crippen LogP contribution in [0.1, 0.15) is 39.7 Å². The summed E-state index contributed by atoms with van der Waals surface area (Å²) in [6, 6.07) is 7.07. The molecule has 1 aromatic rings. The summed E-state index contributed by atoms with van der Waals surface area (Å²) in [4.78, 5) is 23.0. The summed E-state index contributed by atoms with van der Waals surface area (Å²) >= 11 is 0. The minimum atomic E-state index is -0.490. The molecule has 0 saturated carbocycles. The van der Waals surface area contributed by atoms with E-state index in [0.29, 0.717) is 12.2 Å². The molecule has 0 saturated heterocycles. The second kappa shape index (κ2) is 6.17. The summed E-state index contributed by atoms with van der Waals surface area (Å²) in [6.07, 6.45) is -0.0682. The maximum atomic E-state index is 11.7. The zero-order valence-corrected chi connectivity index (χ0v) is 13.3. The summed E-state index contributed by atoms with van der Waals surface area (Å²) in [7, 11) is 0. The van der Waals surface area contributed by atoms with Crippen LogP contribution in [0.25, 0.3) is 0 Å². The number of nitrogens with one attached hydrogen (secondary N) is 2. The summed E-state index contributed by atoms with van der Waals surface area (Å²) in [5.74, 6) is 0.443. The molecule has 22 heavy (non-hydrogen) atoms. The molecular formula is C16H21N3O3. The molecule has 0 aromatic heterocycles. The van der Waals surface area contributed by atoms with Crippen molar-refractivity contribution in [2.75, 3.05) is 0 Å². The van der Waals surface area contributed by atoms with E-state index in [1.807, 2.05) is 39.8 Å². The largest absolute Gasteiger partial charge is 0.413 e. The van der Waals surface area contributed by atoms with Gasteiger partial charge in [0, 0.05) is 17.9 Å². The van der Waals surface area contributed by atoms with Crippen LogP contribution in [0.15, 0.2) is 29.4 Å². The van der Waals surface area contributed by atoms with Crippen molar-refractivity contribution < 1.29 is 14.3 Å². The maximum Gasteiger partial charge on any atom is 0.413 e. The molecule has 0 spiro atoms. The Morgan fingerprint density at radius 2 is 1.95 bits per heavy atom. The van der Waals surface area contributed by atoms with E-state index in [0.717, 1.165) is 11.3 Å². The number of amides is 2. The Bertz CT molecular complexity index is 600. The van der Waals surface area contributed by atoms with Crippen LogP contribution < -0.4 is 15.5 Å². The zero-order valence-electron chi connectivity index (χ0n) is 13.3. The molecule has 1 aliphatic heterocycles. The fraction of sp³-hybridized carbons (Fsp3) is 0.438. The predicted molar refractivity (Wildman–Crippen MR) is 83.8 cm³/mol. The van der Waals surface area contributed by atoms with Crippen LogP contribution in [0.4, 0.5) is 4.79 Å². The Morgan fingerprint density at radius 3 is 2.50 bits per heavy atom. The van der Waals surface area contributed by atoms with E-state index in [9.17, 15) is 9.59 Å². The standard InChI is InChI=1S/C16H21N3O3/c1-10-9-13(20)18-19-14(10)11-5-7-12(8-6-11)22-15(21)17-16(2,3)4/h5-8,10H,9H2,1-4H3,(H,17,21)(H,18,20)/t10-/m1/s1. The highest BCUT2D eigenvalue weighted by molar-refractivity contribution is 6.05. The van der Waals surface area contributed by atoms with Crippen molar-refractivity contribution >= 4 is 17.7 Å². The van der Waals surface area contributed by atoms with E-state index >= 15 is 0 Å². The van der Waals surface area contributed by atoms with Gasteiger partial charge in [-0.3, -0.25) is 4.79 Å². The topological polar surface area (TPSA) is 79.8 Å². The van der Waals surface area contributed by atoms with Gasteiger partial charge in [-0.05, 0) is 50.6 Å². The van der Waals surface area contributed by atoms with Gasteiger partial charge < -0.3 is 10.1 Å². The second-order valence-corrected chi connectivity index (χ2v) is 6.43. The summed E-state index contributed by atoms with van der Waals surface area (Å²) in [5, 5.41) is 6.82. The quantitative estimate of drug-likeness (QED) is 0.880. The van der Waals surface area contributed by atoms with Crippen molar-refractivity contribution in [3.8, 4) is 5.75 Å². The van der Waals surface area contributed by atoms with E-state index in [1.165, 1.54) is 0 Å². The van der Waals surface area contributed by atoms with Crippen LogP contribution in [0.5, 0.6) is 5.75 Å². The second-order valence-electron chi connectivity index (χ2n) is 6.43. The van der Waals surface area contributed by atoms with Crippen molar-refractivity contribution in [2.45, 2.75) is 39.7 Å². The van der Waals surface area contributed by atoms with Crippen LogP contribution in [0.2, 0.25) is 0 Å². The number of hydrazone groups is 1. The molecule has 1 heterocycles. The van der Waals surface area contributed by atoms with Crippen LogP contribution in [0, 0.1) is 5.92 Å². The van der Waals surface area contributed by atoms with Crippen LogP contribution in [-0.2, 0) is 4.79 Å². The van der Waals surface area contributed by atoms with Gasteiger partial charge >= 0.3 is 6.09 Å². The number of carbonyl (C=O) groups is 2. The van der Waals surface area contributed by atoms with Crippen molar-refractivity contribution in [3.05, 3.63) is 29.8 Å².